The number of unbranched alkanes of at least 4 members (excludes halogenated alkanes) is 1. The number of hydrogen-bond donors (Lipinski definition) is 2. The molecule has 0 heterocycles. The van der Waals surface area contributed by atoms with E-state index >= 15 is 0 Å². The molecule has 1 fully saturated rings. The van der Waals surface area contributed by atoms with Crippen LogP contribution in [0.1, 0.15) is 52.9 Å². The zero-order valence-electron chi connectivity index (χ0n) is 12.5. The van der Waals surface area contributed by atoms with E-state index in [1.54, 1.807) is 0 Å². The Hall–Kier alpha value is -0.120. The Bertz CT molecular complexity index is 219. The zero-order chi connectivity index (χ0) is 13.4. The molecule has 108 valence electrons. The van der Waals surface area contributed by atoms with Crippen LogP contribution in [0.3, 0.4) is 0 Å². The highest BCUT2D eigenvalue weighted by Crippen LogP contribution is 2.29. The third kappa shape index (κ3) is 6.17. The molecule has 0 aromatic carbocycles. The summed E-state index contributed by atoms with van der Waals surface area (Å²) in [5.41, 5.74) is -0.0811. The molecule has 18 heavy (non-hydrogen) atoms. The van der Waals surface area contributed by atoms with Crippen molar-refractivity contribution in [2.45, 2.75) is 58.4 Å². The summed E-state index contributed by atoms with van der Waals surface area (Å²) in [4.78, 5) is 2.58. The number of aliphatic hydroxyl groups excluding tert-OH is 1. The van der Waals surface area contributed by atoms with Crippen molar-refractivity contribution >= 4 is 0 Å². The van der Waals surface area contributed by atoms with Gasteiger partial charge in [0.1, 0.15) is 0 Å². The molecule has 3 heteroatoms. The van der Waals surface area contributed by atoms with Crippen molar-refractivity contribution in [2.24, 2.45) is 5.92 Å². The highest BCUT2D eigenvalue weighted by molar-refractivity contribution is 4.82. The van der Waals surface area contributed by atoms with Crippen LogP contribution in [0.2, 0.25) is 0 Å². The van der Waals surface area contributed by atoms with E-state index < -0.39 is 0 Å². The van der Waals surface area contributed by atoms with Gasteiger partial charge in [-0.2, -0.15) is 0 Å². The second kappa shape index (κ2) is 8.13. The van der Waals surface area contributed by atoms with E-state index in [2.05, 4.69) is 31.0 Å². The summed E-state index contributed by atoms with van der Waals surface area (Å²) < 4.78 is 0. The Morgan fingerprint density at radius 2 is 2.00 bits per heavy atom. The predicted molar refractivity (Wildman–Crippen MR) is 77.9 cm³/mol. The molecule has 0 bridgehead atoms. The first kappa shape index (κ1) is 15.9. The first-order chi connectivity index (χ1) is 8.63. The second-order valence-electron chi connectivity index (χ2n) is 6.04. The lowest BCUT2D eigenvalue weighted by Gasteiger charge is -2.29. The highest BCUT2D eigenvalue weighted by Gasteiger charge is 2.24. The Kier molecular flexibility index (Phi) is 7.20. The maximum Gasteiger partial charge on any atom is 0.0610 e. The summed E-state index contributed by atoms with van der Waals surface area (Å²) in [6.07, 6.45) is 6.41. The van der Waals surface area contributed by atoms with Gasteiger partial charge >= 0.3 is 0 Å². The summed E-state index contributed by atoms with van der Waals surface area (Å²) in [6.45, 7) is 11.4. The molecule has 0 saturated heterocycles. The molecule has 1 saturated carbocycles. The lowest BCUT2D eigenvalue weighted by molar-refractivity contribution is 0.162. The number of rotatable bonds is 11. The van der Waals surface area contributed by atoms with E-state index in [9.17, 15) is 5.11 Å². The molecular formula is C15H32N2O. The quantitative estimate of drug-likeness (QED) is 0.557. The maximum atomic E-state index is 9.43. The molecule has 1 aliphatic rings. The van der Waals surface area contributed by atoms with Crippen molar-refractivity contribution in [3.05, 3.63) is 0 Å². The van der Waals surface area contributed by atoms with E-state index in [0.29, 0.717) is 0 Å². The number of aliphatic hydroxyl groups is 1. The number of nitrogens with zero attached hydrogens (tertiary/aromatic N) is 1. The third-order valence-corrected chi connectivity index (χ3v) is 4.07. The van der Waals surface area contributed by atoms with Gasteiger partial charge in [0.05, 0.1) is 6.61 Å². The van der Waals surface area contributed by atoms with Gasteiger partial charge in [0, 0.05) is 12.1 Å². The molecule has 0 amide bonds. The van der Waals surface area contributed by atoms with Gasteiger partial charge in [-0.05, 0) is 58.2 Å². The van der Waals surface area contributed by atoms with Crippen molar-refractivity contribution in [3.8, 4) is 0 Å². The van der Waals surface area contributed by atoms with Crippen LogP contribution in [0.4, 0.5) is 0 Å². The van der Waals surface area contributed by atoms with Crippen LogP contribution >= 0.6 is 0 Å². The van der Waals surface area contributed by atoms with Gasteiger partial charge < -0.3 is 15.3 Å². The average molecular weight is 256 g/mol. The molecule has 1 aliphatic carbocycles. The summed E-state index contributed by atoms with van der Waals surface area (Å²) in [5, 5.41) is 12.8. The smallest absolute Gasteiger partial charge is 0.0610 e. The number of hydrogen-bond acceptors (Lipinski definition) is 3. The van der Waals surface area contributed by atoms with E-state index in [4.69, 9.17) is 0 Å². The molecule has 2 N–H and O–H groups in total. The van der Waals surface area contributed by atoms with Crippen LogP contribution in [-0.4, -0.2) is 48.3 Å². The monoisotopic (exact) mass is 256 g/mol. The average Bonchev–Trinajstić information content (AvgIpc) is 3.17. The second-order valence-corrected chi connectivity index (χ2v) is 6.04. The van der Waals surface area contributed by atoms with Crippen LogP contribution in [-0.2, 0) is 0 Å². The predicted octanol–water partition coefficient (Wildman–Crippen LogP) is 2.25. The SMILES string of the molecule is CCNC(C)(CO)CCCCN(CC)CC1CC1. The Balaban J connectivity index is 2.11. The minimum absolute atomic E-state index is 0.0811. The Morgan fingerprint density at radius 3 is 2.50 bits per heavy atom. The van der Waals surface area contributed by atoms with Crippen LogP contribution in [0.25, 0.3) is 0 Å². The minimum atomic E-state index is -0.0811. The topological polar surface area (TPSA) is 35.5 Å². The molecule has 0 spiro atoms. The standard InChI is InChI=1S/C15H32N2O/c1-4-16-15(3,13-18)10-6-7-11-17(5-2)12-14-8-9-14/h14,16,18H,4-13H2,1-3H3. The fourth-order valence-electron chi connectivity index (χ4n) is 2.54. The largest absolute Gasteiger partial charge is 0.394 e. The summed E-state index contributed by atoms with van der Waals surface area (Å²) >= 11 is 0. The van der Waals surface area contributed by atoms with Gasteiger partial charge in [-0.15, -0.1) is 0 Å². The fourth-order valence-corrected chi connectivity index (χ4v) is 2.54. The summed E-state index contributed by atoms with van der Waals surface area (Å²) in [5.74, 6) is 0.995. The third-order valence-electron chi connectivity index (χ3n) is 4.07. The summed E-state index contributed by atoms with van der Waals surface area (Å²) in [7, 11) is 0. The van der Waals surface area contributed by atoms with E-state index in [1.165, 1.54) is 45.3 Å². The van der Waals surface area contributed by atoms with Crippen molar-refractivity contribution in [1.82, 2.24) is 10.2 Å². The van der Waals surface area contributed by atoms with Crippen molar-refractivity contribution in [2.75, 3.05) is 32.8 Å². The Morgan fingerprint density at radius 1 is 1.28 bits per heavy atom. The first-order valence-electron chi connectivity index (χ1n) is 7.71. The molecule has 1 rings (SSSR count). The van der Waals surface area contributed by atoms with E-state index in [1.807, 2.05) is 0 Å². The van der Waals surface area contributed by atoms with Crippen LogP contribution in [0.15, 0.2) is 0 Å². The van der Waals surface area contributed by atoms with Crippen molar-refractivity contribution < 1.29 is 5.11 Å². The Labute approximate surface area is 113 Å². The van der Waals surface area contributed by atoms with Crippen molar-refractivity contribution in [1.29, 1.82) is 0 Å². The van der Waals surface area contributed by atoms with Gasteiger partial charge in [0.25, 0.3) is 0 Å². The number of nitrogens with one attached hydrogen (secondary N) is 1. The molecule has 0 radical (unpaired) electrons. The van der Waals surface area contributed by atoms with E-state index in [0.717, 1.165) is 18.9 Å². The normalized spacial score (nSPS) is 19.2. The van der Waals surface area contributed by atoms with Gasteiger partial charge in [-0.3, -0.25) is 0 Å². The van der Waals surface area contributed by atoms with Gasteiger partial charge in [-0.1, -0.05) is 20.3 Å². The first-order valence-corrected chi connectivity index (χ1v) is 7.71. The number of likely N-dealkylation sites (N-methyl/N-ethyl adjacent to an activating group) is 1. The van der Waals surface area contributed by atoms with Gasteiger partial charge in [0.2, 0.25) is 0 Å². The van der Waals surface area contributed by atoms with Gasteiger partial charge in [0.15, 0.2) is 0 Å². The minimum Gasteiger partial charge on any atom is -0.394 e. The lowest BCUT2D eigenvalue weighted by Crippen LogP contribution is -2.45. The van der Waals surface area contributed by atoms with Crippen molar-refractivity contribution in [3.63, 3.8) is 0 Å². The molecule has 0 aromatic heterocycles. The molecule has 0 aliphatic heterocycles. The molecule has 0 aromatic rings. The summed E-state index contributed by atoms with van der Waals surface area (Å²) in [6, 6.07) is 0. The molecular weight excluding hydrogens is 224 g/mol. The highest BCUT2D eigenvalue weighted by atomic mass is 16.3. The van der Waals surface area contributed by atoms with Gasteiger partial charge in [-0.25, -0.2) is 0 Å². The van der Waals surface area contributed by atoms with Crippen LogP contribution < -0.4 is 5.32 Å². The molecule has 1 unspecified atom stereocenters. The molecule has 3 nitrogen and oxygen atoms in total. The molecule has 1 atom stereocenters. The lowest BCUT2D eigenvalue weighted by atomic mass is 9.95. The van der Waals surface area contributed by atoms with E-state index in [-0.39, 0.29) is 12.1 Å². The van der Waals surface area contributed by atoms with Crippen LogP contribution in [0.5, 0.6) is 0 Å². The van der Waals surface area contributed by atoms with Crippen LogP contribution in [0, 0.1) is 5.92 Å². The maximum absolute atomic E-state index is 9.43. The fraction of sp³-hybridized carbons (Fsp3) is 1.00. The zero-order valence-corrected chi connectivity index (χ0v) is 12.5.